The molecule has 1 aromatic rings. The molecule has 0 radical (unpaired) electrons. The first-order chi connectivity index (χ1) is 5.20. The lowest BCUT2D eigenvalue weighted by Crippen LogP contribution is -2.25. The number of nitrogens with zero attached hydrogens (tertiary/aromatic N) is 3. The second kappa shape index (κ2) is 3.54. The highest BCUT2D eigenvalue weighted by Gasteiger charge is 2.07. The van der Waals surface area contributed by atoms with Crippen molar-refractivity contribution >= 4 is 31.7 Å². The summed E-state index contributed by atoms with van der Waals surface area (Å²) >= 11 is 7.17. The Hall–Kier alpha value is -0.820. The zero-order chi connectivity index (χ0) is 8.27. The Morgan fingerprint density at radius 2 is 2.36 bits per heavy atom. The third-order valence-corrected chi connectivity index (χ3v) is 1.14. The molecule has 1 heterocycles. The van der Waals surface area contributed by atoms with Gasteiger partial charge in [-0.05, 0) is 31.7 Å². The van der Waals surface area contributed by atoms with Crippen LogP contribution in [0.4, 0.5) is 4.79 Å². The molecule has 0 aliphatic heterocycles. The van der Waals surface area contributed by atoms with Crippen molar-refractivity contribution in [1.29, 1.82) is 0 Å². The van der Waals surface area contributed by atoms with Gasteiger partial charge in [0.2, 0.25) is 0 Å². The van der Waals surface area contributed by atoms with Gasteiger partial charge in [0, 0.05) is 0 Å². The van der Waals surface area contributed by atoms with Crippen LogP contribution < -0.4 is 4.84 Å². The van der Waals surface area contributed by atoms with E-state index in [1.807, 2.05) is 0 Å². The lowest BCUT2D eigenvalue weighted by atomic mass is 10.8. The number of thiol groups is 2. The molecule has 0 saturated heterocycles. The minimum Gasteiger partial charge on any atom is -0.298 e. The Morgan fingerprint density at radius 3 is 2.82 bits per heavy atom. The van der Waals surface area contributed by atoms with Crippen molar-refractivity contribution in [2.75, 3.05) is 0 Å². The highest BCUT2D eigenvalue weighted by molar-refractivity contribution is 7.94. The quantitative estimate of drug-likeness (QED) is 0.633. The molecular formula is C4H5N3O2S2. The Labute approximate surface area is 74.0 Å². The summed E-state index contributed by atoms with van der Waals surface area (Å²) in [6.07, 6.45) is 2.23. The van der Waals surface area contributed by atoms with E-state index in [4.69, 9.17) is 0 Å². The van der Waals surface area contributed by atoms with E-state index >= 15 is 0 Å². The molecule has 0 aromatic carbocycles. The molecule has 0 atom stereocenters. The van der Waals surface area contributed by atoms with Crippen molar-refractivity contribution in [3.05, 3.63) is 18.5 Å². The van der Waals surface area contributed by atoms with Crippen molar-refractivity contribution < 1.29 is 9.63 Å². The summed E-state index contributed by atoms with van der Waals surface area (Å²) in [5.41, 5.74) is 0. The van der Waals surface area contributed by atoms with E-state index in [1.54, 1.807) is 6.07 Å². The smallest absolute Gasteiger partial charge is 0.298 e. The monoisotopic (exact) mass is 191 g/mol. The summed E-state index contributed by atoms with van der Waals surface area (Å²) in [7, 11) is 0. The van der Waals surface area contributed by atoms with Crippen LogP contribution in [0.15, 0.2) is 18.5 Å². The Kier molecular flexibility index (Phi) is 2.66. The molecule has 0 aliphatic carbocycles. The first-order valence-corrected chi connectivity index (χ1v) is 3.40. The van der Waals surface area contributed by atoms with Gasteiger partial charge in [0.1, 0.15) is 0 Å². The maximum absolute atomic E-state index is 10.7. The van der Waals surface area contributed by atoms with Crippen molar-refractivity contribution in [2.45, 2.75) is 0 Å². The van der Waals surface area contributed by atoms with Crippen molar-refractivity contribution in [1.82, 2.24) is 13.7 Å². The molecule has 0 saturated carbocycles. The topological polar surface area (TPSA) is 47.4 Å². The van der Waals surface area contributed by atoms with Gasteiger partial charge >= 0.3 is 6.09 Å². The zero-order valence-corrected chi connectivity index (χ0v) is 7.07. The van der Waals surface area contributed by atoms with Crippen LogP contribution in [0.1, 0.15) is 0 Å². The second-order valence-corrected chi connectivity index (χ2v) is 2.67. The second-order valence-electron chi connectivity index (χ2n) is 1.56. The predicted octanol–water partition coefficient (Wildman–Crippen LogP) is 0.423. The summed E-state index contributed by atoms with van der Waals surface area (Å²) in [4.78, 5) is 16.3. The molecule has 0 fully saturated rings. The minimum absolute atomic E-state index is 0.710. The molecule has 0 aliphatic rings. The SMILES string of the molecule is O=C(On1cccn1)N(S)S. The number of carbonyl (C=O) groups excluding carboxylic acids is 1. The van der Waals surface area contributed by atoms with E-state index in [0.29, 0.717) is 3.71 Å². The first-order valence-electron chi connectivity index (χ1n) is 2.60. The Balaban J connectivity index is 2.50. The molecule has 0 spiro atoms. The number of amides is 1. The van der Waals surface area contributed by atoms with E-state index in [-0.39, 0.29) is 0 Å². The van der Waals surface area contributed by atoms with E-state index in [9.17, 15) is 4.79 Å². The van der Waals surface area contributed by atoms with Crippen LogP contribution in [0.3, 0.4) is 0 Å². The third kappa shape index (κ3) is 2.35. The van der Waals surface area contributed by atoms with Gasteiger partial charge in [-0.25, -0.2) is 4.79 Å². The standard InChI is InChI=1S/C4H5N3O2S2/c8-4(7(10)11)9-6-3-1-2-5-6/h1-3,10-11H. The summed E-state index contributed by atoms with van der Waals surface area (Å²) in [6, 6.07) is 1.62. The van der Waals surface area contributed by atoms with Crippen molar-refractivity contribution in [3.63, 3.8) is 0 Å². The minimum atomic E-state index is -0.722. The van der Waals surface area contributed by atoms with Crippen LogP contribution in [0.5, 0.6) is 0 Å². The van der Waals surface area contributed by atoms with Gasteiger partial charge in [-0.15, -0.1) is 5.10 Å². The average molecular weight is 191 g/mol. The van der Waals surface area contributed by atoms with E-state index in [0.717, 1.165) is 4.85 Å². The molecule has 1 aromatic heterocycles. The van der Waals surface area contributed by atoms with Gasteiger partial charge in [0.05, 0.1) is 12.4 Å². The summed E-state index contributed by atoms with van der Waals surface area (Å²) in [5, 5.41) is 3.62. The Bertz CT molecular complexity index is 235. The number of aromatic nitrogens is 2. The number of hydrogen-bond acceptors (Lipinski definition) is 5. The number of carbonyl (C=O) groups is 1. The fourth-order valence-electron chi connectivity index (χ4n) is 0.425. The van der Waals surface area contributed by atoms with Crippen molar-refractivity contribution in [3.8, 4) is 0 Å². The van der Waals surface area contributed by atoms with Crippen LogP contribution in [0.25, 0.3) is 0 Å². The van der Waals surface area contributed by atoms with Crippen LogP contribution >= 0.6 is 25.6 Å². The van der Waals surface area contributed by atoms with Crippen LogP contribution in [-0.4, -0.2) is 19.7 Å². The molecule has 1 rings (SSSR count). The maximum Gasteiger partial charge on any atom is 0.456 e. The molecule has 1 amide bonds. The zero-order valence-electron chi connectivity index (χ0n) is 5.28. The molecular weight excluding hydrogens is 186 g/mol. The lowest BCUT2D eigenvalue weighted by Gasteiger charge is -2.05. The van der Waals surface area contributed by atoms with Gasteiger partial charge in [-0.2, -0.15) is 3.71 Å². The largest absolute Gasteiger partial charge is 0.456 e. The summed E-state index contributed by atoms with van der Waals surface area (Å²) < 4.78 is 0.710. The predicted molar refractivity (Wildman–Crippen MR) is 44.0 cm³/mol. The highest BCUT2D eigenvalue weighted by Crippen LogP contribution is 1.97. The summed E-state index contributed by atoms with van der Waals surface area (Å²) in [5.74, 6) is 0. The molecule has 5 nitrogen and oxygen atoms in total. The molecule has 7 heteroatoms. The lowest BCUT2D eigenvalue weighted by molar-refractivity contribution is 0.113. The molecule has 60 valence electrons. The number of hydrogen-bond donors (Lipinski definition) is 2. The normalized spacial score (nSPS) is 9.27. The van der Waals surface area contributed by atoms with Gasteiger partial charge < -0.3 is 0 Å². The fraction of sp³-hybridized carbons (Fsp3) is 0. The van der Waals surface area contributed by atoms with Gasteiger partial charge in [0.15, 0.2) is 0 Å². The van der Waals surface area contributed by atoms with Gasteiger partial charge in [0.25, 0.3) is 0 Å². The van der Waals surface area contributed by atoms with Gasteiger partial charge in [-0.3, -0.25) is 4.84 Å². The van der Waals surface area contributed by atoms with Crippen LogP contribution in [-0.2, 0) is 0 Å². The van der Waals surface area contributed by atoms with Crippen LogP contribution in [0, 0.1) is 0 Å². The Morgan fingerprint density at radius 1 is 1.64 bits per heavy atom. The van der Waals surface area contributed by atoms with E-state index < -0.39 is 6.09 Å². The molecule has 0 unspecified atom stereocenters. The highest BCUT2D eigenvalue weighted by atomic mass is 32.2. The van der Waals surface area contributed by atoms with Gasteiger partial charge in [-0.1, -0.05) is 4.85 Å². The third-order valence-electron chi connectivity index (χ3n) is 0.815. The first kappa shape index (κ1) is 8.28. The average Bonchev–Trinajstić information content (AvgIpc) is 2.39. The maximum atomic E-state index is 10.7. The van der Waals surface area contributed by atoms with Crippen LogP contribution in [0.2, 0.25) is 0 Å². The number of rotatable bonds is 1. The molecule has 0 N–H and O–H groups in total. The summed E-state index contributed by atoms with van der Waals surface area (Å²) in [6.45, 7) is 0. The van der Waals surface area contributed by atoms with E-state index in [1.165, 1.54) is 12.4 Å². The van der Waals surface area contributed by atoms with Crippen molar-refractivity contribution in [2.24, 2.45) is 0 Å². The fourth-order valence-corrected chi connectivity index (χ4v) is 0.498. The molecule has 11 heavy (non-hydrogen) atoms. The molecule has 0 bridgehead atoms. The van der Waals surface area contributed by atoms with E-state index in [2.05, 4.69) is 35.6 Å².